The van der Waals surface area contributed by atoms with Crippen LogP contribution in [0.3, 0.4) is 0 Å². The van der Waals surface area contributed by atoms with Crippen molar-refractivity contribution in [3.05, 3.63) is 168 Å². The summed E-state index contributed by atoms with van der Waals surface area (Å²) >= 11 is 0. The number of para-hydroxylation sites is 1. The zero-order valence-corrected chi connectivity index (χ0v) is 25.4. The summed E-state index contributed by atoms with van der Waals surface area (Å²) in [6.45, 7) is 2.18. The third-order valence-electron chi connectivity index (χ3n) is 8.47. The molecule has 0 saturated heterocycles. The van der Waals surface area contributed by atoms with Crippen LogP contribution in [-0.2, 0) is 6.42 Å². The fourth-order valence-corrected chi connectivity index (χ4v) is 6.16. The molecule has 0 aliphatic carbocycles. The highest BCUT2D eigenvalue weighted by molar-refractivity contribution is 6.11. The first kappa shape index (κ1) is 27.5. The second-order valence-corrected chi connectivity index (χ2v) is 11.6. The molecule has 218 valence electrons. The van der Waals surface area contributed by atoms with Crippen LogP contribution in [0, 0.1) is 6.92 Å². The monoisotopic (exact) mass is 590 g/mol. The van der Waals surface area contributed by atoms with E-state index in [9.17, 15) is 0 Å². The fourth-order valence-electron chi connectivity index (χ4n) is 6.16. The summed E-state index contributed by atoms with van der Waals surface area (Å²) in [5.41, 5.74) is 9.81. The van der Waals surface area contributed by atoms with E-state index in [4.69, 9.17) is 19.9 Å². The standard InChI is InChI=1S/C42H30N4/c1-28-26-30(22-25-34(28)39-37-18-9-8-16-35(37)36-17-10-11-19-38(36)43-39)27-29-20-23-33(24-21-29)42-45-40(31-12-4-2-5-13-31)44-41(46-42)32-14-6-3-7-15-32/h2-26H,27H2,1H3. The van der Waals surface area contributed by atoms with Gasteiger partial charge in [0, 0.05) is 33.0 Å². The Hall–Kier alpha value is -6.00. The first-order chi connectivity index (χ1) is 22.7. The minimum atomic E-state index is 0.662. The Labute approximate surface area is 268 Å². The molecule has 8 rings (SSSR count). The van der Waals surface area contributed by atoms with Crippen molar-refractivity contribution in [3.8, 4) is 45.4 Å². The molecule has 0 spiro atoms. The highest BCUT2D eigenvalue weighted by Gasteiger charge is 2.14. The van der Waals surface area contributed by atoms with Gasteiger partial charge in [-0.1, -0.05) is 146 Å². The van der Waals surface area contributed by atoms with Gasteiger partial charge in [-0.3, -0.25) is 0 Å². The molecule has 0 radical (unpaired) electrons. The van der Waals surface area contributed by atoms with Crippen molar-refractivity contribution in [2.75, 3.05) is 0 Å². The van der Waals surface area contributed by atoms with E-state index in [1.54, 1.807) is 0 Å². The topological polar surface area (TPSA) is 51.6 Å². The highest BCUT2D eigenvalue weighted by atomic mass is 15.0. The molecule has 0 N–H and O–H groups in total. The van der Waals surface area contributed by atoms with E-state index in [1.807, 2.05) is 60.7 Å². The fraction of sp³-hybridized carbons (Fsp3) is 0.0476. The van der Waals surface area contributed by atoms with E-state index in [-0.39, 0.29) is 0 Å². The van der Waals surface area contributed by atoms with Gasteiger partial charge in [0.1, 0.15) is 0 Å². The lowest BCUT2D eigenvalue weighted by Gasteiger charge is -2.13. The van der Waals surface area contributed by atoms with Gasteiger partial charge in [-0.05, 0) is 41.5 Å². The minimum absolute atomic E-state index is 0.662. The predicted octanol–water partition coefficient (Wildman–Crippen LogP) is 10.1. The van der Waals surface area contributed by atoms with Crippen molar-refractivity contribution in [3.63, 3.8) is 0 Å². The molecule has 0 aliphatic rings. The third-order valence-corrected chi connectivity index (χ3v) is 8.47. The number of aromatic nitrogens is 4. The van der Waals surface area contributed by atoms with Gasteiger partial charge in [0.2, 0.25) is 0 Å². The maximum atomic E-state index is 5.12. The normalized spacial score (nSPS) is 11.2. The number of aryl methyl sites for hydroxylation is 1. The molecule has 0 fully saturated rings. The van der Waals surface area contributed by atoms with Crippen molar-refractivity contribution in [1.29, 1.82) is 0 Å². The molecule has 4 heteroatoms. The van der Waals surface area contributed by atoms with Crippen LogP contribution in [0.25, 0.3) is 67.1 Å². The van der Waals surface area contributed by atoms with Gasteiger partial charge in [0.05, 0.1) is 11.2 Å². The van der Waals surface area contributed by atoms with Crippen molar-refractivity contribution in [2.45, 2.75) is 13.3 Å². The van der Waals surface area contributed by atoms with Gasteiger partial charge < -0.3 is 0 Å². The molecule has 46 heavy (non-hydrogen) atoms. The number of nitrogens with zero attached hydrogens (tertiary/aromatic N) is 4. The lowest BCUT2D eigenvalue weighted by molar-refractivity contribution is 1.07. The smallest absolute Gasteiger partial charge is 0.164 e. The molecule has 0 atom stereocenters. The van der Waals surface area contributed by atoms with Crippen LogP contribution in [0.5, 0.6) is 0 Å². The number of hydrogen-bond acceptors (Lipinski definition) is 4. The number of benzene rings is 6. The van der Waals surface area contributed by atoms with Crippen LogP contribution in [-0.4, -0.2) is 19.9 Å². The number of hydrogen-bond donors (Lipinski definition) is 0. The molecule has 6 aromatic carbocycles. The summed E-state index contributed by atoms with van der Waals surface area (Å²) in [6, 6.07) is 52.4. The first-order valence-corrected chi connectivity index (χ1v) is 15.5. The lowest BCUT2D eigenvalue weighted by atomic mass is 9.94. The molecule has 0 bridgehead atoms. The Morgan fingerprint density at radius 3 is 1.52 bits per heavy atom. The average molecular weight is 591 g/mol. The Kier molecular flexibility index (Phi) is 7.08. The summed E-state index contributed by atoms with van der Waals surface area (Å²) in [5.74, 6) is 1.99. The van der Waals surface area contributed by atoms with Crippen LogP contribution >= 0.6 is 0 Å². The van der Waals surface area contributed by atoms with Crippen LogP contribution in [0.15, 0.2) is 152 Å². The van der Waals surface area contributed by atoms with E-state index in [0.29, 0.717) is 17.5 Å². The Morgan fingerprint density at radius 2 is 0.913 bits per heavy atom. The van der Waals surface area contributed by atoms with Gasteiger partial charge in [0.15, 0.2) is 17.5 Å². The summed E-state index contributed by atoms with van der Waals surface area (Å²) in [4.78, 5) is 19.7. The van der Waals surface area contributed by atoms with E-state index in [2.05, 4.69) is 97.9 Å². The number of rotatable bonds is 6. The molecule has 0 saturated carbocycles. The van der Waals surface area contributed by atoms with Crippen molar-refractivity contribution >= 4 is 21.7 Å². The maximum Gasteiger partial charge on any atom is 0.164 e. The summed E-state index contributed by atoms with van der Waals surface area (Å²) in [5, 5.41) is 3.60. The summed E-state index contributed by atoms with van der Waals surface area (Å²) in [7, 11) is 0. The predicted molar refractivity (Wildman–Crippen MR) is 188 cm³/mol. The van der Waals surface area contributed by atoms with Gasteiger partial charge in [-0.15, -0.1) is 0 Å². The SMILES string of the molecule is Cc1cc(Cc2ccc(-c3nc(-c4ccccc4)nc(-c4ccccc4)n3)cc2)ccc1-c1nc2ccccc2c2ccccc12. The zero-order chi connectivity index (χ0) is 30.9. The van der Waals surface area contributed by atoms with E-state index in [1.165, 1.54) is 38.4 Å². The Bertz CT molecular complexity index is 2270. The largest absolute Gasteiger partial charge is 0.247 e. The number of pyridine rings is 1. The molecule has 0 unspecified atom stereocenters. The molecule has 2 heterocycles. The van der Waals surface area contributed by atoms with E-state index >= 15 is 0 Å². The zero-order valence-electron chi connectivity index (χ0n) is 25.4. The van der Waals surface area contributed by atoms with Crippen molar-refractivity contribution < 1.29 is 0 Å². The number of fused-ring (bicyclic) bond motifs is 3. The Morgan fingerprint density at radius 1 is 0.413 bits per heavy atom. The minimum Gasteiger partial charge on any atom is -0.247 e. The Balaban J connectivity index is 1.10. The van der Waals surface area contributed by atoms with Gasteiger partial charge in [-0.2, -0.15) is 0 Å². The molecular formula is C42H30N4. The first-order valence-electron chi connectivity index (χ1n) is 15.5. The second-order valence-electron chi connectivity index (χ2n) is 11.6. The van der Waals surface area contributed by atoms with Crippen LogP contribution < -0.4 is 0 Å². The van der Waals surface area contributed by atoms with E-state index in [0.717, 1.165) is 34.3 Å². The highest BCUT2D eigenvalue weighted by Crippen LogP contribution is 2.34. The molecule has 2 aromatic heterocycles. The van der Waals surface area contributed by atoms with E-state index < -0.39 is 0 Å². The molecule has 4 nitrogen and oxygen atoms in total. The maximum absolute atomic E-state index is 5.12. The average Bonchev–Trinajstić information content (AvgIpc) is 3.12. The lowest BCUT2D eigenvalue weighted by Crippen LogP contribution is -2.00. The van der Waals surface area contributed by atoms with Gasteiger partial charge in [0.25, 0.3) is 0 Å². The van der Waals surface area contributed by atoms with Crippen molar-refractivity contribution in [2.24, 2.45) is 0 Å². The van der Waals surface area contributed by atoms with Crippen LogP contribution in [0.2, 0.25) is 0 Å². The quantitative estimate of drug-likeness (QED) is 0.181. The summed E-state index contributed by atoms with van der Waals surface area (Å²) in [6.07, 6.45) is 0.828. The third kappa shape index (κ3) is 5.31. The molecule has 0 aliphatic heterocycles. The van der Waals surface area contributed by atoms with Gasteiger partial charge in [-0.25, -0.2) is 19.9 Å². The van der Waals surface area contributed by atoms with Gasteiger partial charge >= 0.3 is 0 Å². The molecule has 8 aromatic rings. The molecule has 0 amide bonds. The summed E-state index contributed by atoms with van der Waals surface area (Å²) < 4.78 is 0. The molecular weight excluding hydrogens is 560 g/mol. The van der Waals surface area contributed by atoms with Crippen LogP contribution in [0.1, 0.15) is 16.7 Å². The van der Waals surface area contributed by atoms with Crippen molar-refractivity contribution in [1.82, 2.24) is 19.9 Å². The van der Waals surface area contributed by atoms with Crippen LogP contribution in [0.4, 0.5) is 0 Å². The second kappa shape index (κ2) is 11.8.